The van der Waals surface area contributed by atoms with Crippen LogP contribution in [0.5, 0.6) is 0 Å². The number of hydrogen-bond donors (Lipinski definition) is 1. The van der Waals surface area contributed by atoms with E-state index in [-0.39, 0.29) is 29.8 Å². The molecule has 4 heterocycles. The van der Waals surface area contributed by atoms with Gasteiger partial charge < -0.3 is 19.9 Å². The highest BCUT2D eigenvalue weighted by molar-refractivity contribution is 7.89. The topological polar surface area (TPSA) is 124 Å². The van der Waals surface area contributed by atoms with Gasteiger partial charge in [0.25, 0.3) is 0 Å². The number of fused-ring (bicyclic) bond motifs is 1. The summed E-state index contributed by atoms with van der Waals surface area (Å²) in [6, 6.07) is 14.4. The summed E-state index contributed by atoms with van der Waals surface area (Å²) in [5.74, 6) is 0.397. The third-order valence-corrected chi connectivity index (χ3v) is 11.1. The van der Waals surface area contributed by atoms with Gasteiger partial charge in [-0.1, -0.05) is 24.3 Å². The van der Waals surface area contributed by atoms with Crippen molar-refractivity contribution in [3.05, 3.63) is 64.7 Å². The van der Waals surface area contributed by atoms with Crippen molar-refractivity contribution < 1.29 is 17.9 Å². The number of sulfonamides is 1. The minimum absolute atomic E-state index is 0.0685. The molecular weight excluding hydrogens is 585 g/mol. The summed E-state index contributed by atoms with van der Waals surface area (Å²) in [6.07, 6.45) is 2.65. The maximum Gasteiger partial charge on any atom is 0.243 e. The lowest BCUT2D eigenvalue weighted by Gasteiger charge is -2.35. The SMILES string of the molecule is COCCCn1c(C2CCCN(C(=O)[C@@H]3CN(S(=O)(=O)c4cccc(-c5csc(C)n5)c4)C[C@H]3N)C2)nc2ccccc21. The van der Waals surface area contributed by atoms with E-state index in [1.165, 1.54) is 15.6 Å². The molecule has 6 rings (SSSR count). The number of aromatic nitrogens is 3. The van der Waals surface area contributed by atoms with Crippen molar-refractivity contribution in [1.29, 1.82) is 0 Å². The molecule has 1 unspecified atom stereocenters. The maximum atomic E-state index is 13.9. The van der Waals surface area contributed by atoms with Crippen LogP contribution in [0.15, 0.2) is 58.8 Å². The van der Waals surface area contributed by atoms with Crippen molar-refractivity contribution in [3.8, 4) is 11.3 Å². The van der Waals surface area contributed by atoms with E-state index in [1.807, 2.05) is 41.5 Å². The first-order valence-electron chi connectivity index (χ1n) is 14.8. The second-order valence-electron chi connectivity index (χ2n) is 11.5. The number of ether oxygens (including phenoxy) is 1. The number of amides is 1. The fourth-order valence-electron chi connectivity index (χ4n) is 6.34. The van der Waals surface area contributed by atoms with Crippen LogP contribution in [0, 0.1) is 12.8 Å². The van der Waals surface area contributed by atoms with Crippen LogP contribution in [0.1, 0.15) is 36.0 Å². The summed E-state index contributed by atoms with van der Waals surface area (Å²) in [7, 11) is -2.14. The third kappa shape index (κ3) is 5.99. The number of aryl methyl sites for hydroxylation is 2. The van der Waals surface area contributed by atoms with Gasteiger partial charge in [-0.15, -0.1) is 11.3 Å². The van der Waals surface area contributed by atoms with Crippen molar-refractivity contribution >= 4 is 38.3 Å². The average molecular weight is 623 g/mol. The number of carbonyl (C=O) groups is 1. The zero-order valence-corrected chi connectivity index (χ0v) is 26.2. The molecule has 0 bridgehead atoms. The summed E-state index contributed by atoms with van der Waals surface area (Å²) < 4.78 is 36.3. The van der Waals surface area contributed by atoms with E-state index >= 15 is 0 Å². The van der Waals surface area contributed by atoms with Crippen molar-refractivity contribution in [3.63, 3.8) is 0 Å². The number of benzene rings is 2. The Labute approximate surface area is 256 Å². The zero-order chi connectivity index (χ0) is 30.1. The first-order chi connectivity index (χ1) is 20.8. The minimum Gasteiger partial charge on any atom is -0.385 e. The largest absolute Gasteiger partial charge is 0.385 e. The molecule has 2 aromatic heterocycles. The quantitative estimate of drug-likeness (QED) is 0.281. The average Bonchev–Trinajstić information content (AvgIpc) is 3.74. The van der Waals surface area contributed by atoms with Crippen LogP contribution in [0.3, 0.4) is 0 Å². The molecule has 4 aromatic rings. The smallest absolute Gasteiger partial charge is 0.243 e. The van der Waals surface area contributed by atoms with Gasteiger partial charge in [-0.25, -0.2) is 18.4 Å². The Balaban J connectivity index is 1.18. The Bertz CT molecular complexity index is 1720. The summed E-state index contributed by atoms with van der Waals surface area (Å²) >= 11 is 1.52. The normalized spacial score (nSPS) is 21.6. The zero-order valence-electron chi connectivity index (χ0n) is 24.6. The number of nitrogens with zero attached hydrogens (tertiary/aromatic N) is 5. The van der Waals surface area contributed by atoms with Crippen LogP contribution in [0.2, 0.25) is 0 Å². The lowest BCUT2D eigenvalue weighted by molar-refractivity contribution is -0.136. The molecule has 2 aliphatic heterocycles. The van der Waals surface area contributed by atoms with Gasteiger partial charge in [0.2, 0.25) is 15.9 Å². The fourth-order valence-corrected chi connectivity index (χ4v) is 8.51. The minimum atomic E-state index is -3.84. The molecule has 2 saturated heterocycles. The van der Waals surface area contributed by atoms with Gasteiger partial charge in [0.15, 0.2) is 0 Å². The van der Waals surface area contributed by atoms with Crippen LogP contribution in [-0.2, 0) is 26.1 Å². The number of likely N-dealkylation sites (tertiary alicyclic amines) is 1. The lowest BCUT2D eigenvalue weighted by Crippen LogP contribution is -2.47. The predicted molar refractivity (Wildman–Crippen MR) is 167 cm³/mol. The van der Waals surface area contributed by atoms with E-state index in [0.29, 0.717) is 19.7 Å². The Hall–Kier alpha value is -3.16. The molecule has 43 heavy (non-hydrogen) atoms. The highest BCUT2D eigenvalue weighted by atomic mass is 32.2. The van der Waals surface area contributed by atoms with Crippen molar-refractivity contribution in [2.24, 2.45) is 11.7 Å². The fraction of sp³-hybridized carbons (Fsp3) is 0.452. The predicted octanol–water partition coefficient (Wildman–Crippen LogP) is 3.86. The molecule has 228 valence electrons. The Morgan fingerprint density at radius 1 is 1.12 bits per heavy atom. The van der Waals surface area contributed by atoms with Crippen molar-refractivity contribution in [2.75, 3.05) is 39.9 Å². The highest BCUT2D eigenvalue weighted by Gasteiger charge is 2.43. The molecule has 12 heteroatoms. The van der Waals surface area contributed by atoms with Gasteiger partial charge in [-0.05, 0) is 50.5 Å². The van der Waals surface area contributed by atoms with Crippen LogP contribution >= 0.6 is 11.3 Å². The Morgan fingerprint density at radius 3 is 2.74 bits per heavy atom. The van der Waals surface area contributed by atoms with Gasteiger partial charge in [0.1, 0.15) is 5.82 Å². The molecule has 2 aromatic carbocycles. The molecule has 2 aliphatic rings. The first-order valence-corrected chi connectivity index (χ1v) is 17.1. The van der Waals surface area contributed by atoms with Crippen LogP contribution in [0.25, 0.3) is 22.3 Å². The van der Waals surface area contributed by atoms with E-state index in [0.717, 1.165) is 58.9 Å². The van der Waals surface area contributed by atoms with E-state index < -0.39 is 22.0 Å². The molecule has 10 nitrogen and oxygen atoms in total. The number of hydrogen-bond acceptors (Lipinski definition) is 8. The molecule has 1 amide bonds. The van der Waals surface area contributed by atoms with Crippen molar-refractivity contribution in [2.45, 2.75) is 49.6 Å². The molecular formula is C31H38N6O4S2. The molecule has 3 atom stereocenters. The van der Waals surface area contributed by atoms with Crippen LogP contribution in [0.4, 0.5) is 0 Å². The van der Waals surface area contributed by atoms with E-state index in [1.54, 1.807) is 25.3 Å². The Morgan fingerprint density at radius 2 is 1.95 bits per heavy atom. The van der Waals surface area contributed by atoms with Gasteiger partial charge in [0, 0.05) is 69.3 Å². The molecule has 0 radical (unpaired) electrons. The van der Waals surface area contributed by atoms with Crippen LogP contribution in [-0.4, -0.2) is 84.0 Å². The molecule has 0 aliphatic carbocycles. The number of methoxy groups -OCH3 is 1. The van der Waals surface area contributed by atoms with Gasteiger partial charge in [-0.3, -0.25) is 4.79 Å². The molecule has 0 saturated carbocycles. The first kappa shape index (κ1) is 29.9. The highest BCUT2D eigenvalue weighted by Crippen LogP contribution is 2.33. The standard InChI is InChI=1S/C31H38N6O4S2/c1-21-33-28(20-42-21)22-8-5-10-24(16-22)43(39,40)36-18-25(26(32)19-36)31(38)35-13-6-9-23(17-35)30-34-27-11-3-4-12-29(27)37(30)14-7-15-41-2/h3-5,8,10-12,16,20,23,25-26H,6-7,9,13-15,17-19,32H2,1-2H3/t23?,25-,26-/m1/s1. The van der Waals surface area contributed by atoms with Crippen LogP contribution < -0.4 is 5.73 Å². The van der Waals surface area contributed by atoms with Gasteiger partial charge in [-0.2, -0.15) is 4.31 Å². The van der Waals surface area contributed by atoms with E-state index in [2.05, 4.69) is 15.6 Å². The van der Waals surface area contributed by atoms with Gasteiger partial charge >= 0.3 is 0 Å². The molecule has 2 fully saturated rings. The molecule has 2 N–H and O–H groups in total. The number of nitrogens with two attached hydrogens (primary N) is 1. The monoisotopic (exact) mass is 622 g/mol. The number of para-hydroxylation sites is 2. The Kier molecular flexibility index (Phi) is 8.65. The summed E-state index contributed by atoms with van der Waals surface area (Å²) in [5.41, 5.74) is 10.0. The summed E-state index contributed by atoms with van der Waals surface area (Å²) in [4.78, 5) is 25.4. The number of piperidine rings is 1. The number of thiazole rings is 1. The second kappa shape index (κ2) is 12.4. The van der Waals surface area contributed by atoms with Crippen molar-refractivity contribution in [1.82, 2.24) is 23.7 Å². The third-order valence-electron chi connectivity index (χ3n) is 8.55. The lowest BCUT2D eigenvalue weighted by atomic mass is 9.94. The number of rotatable bonds is 9. The maximum absolute atomic E-state index is 13.9. The summed E-state index contributed by atoms with van der Waals surface area (Å²) in [5, 5.41) is 2.83. The van der Waals surface area contributed by atoms with E-state index in [9.17, 15) is 13.2 Å². The van der Waals surface area contributed by atoms with E-state index in [4.69, 9.17) is 15.5 Å². The number of carbonyl (C=O) groups excluding carboxylic acids is 1. The number of imidazole rings is 1. The second-order valence-corrected chi connectivity index (χ2v) is 14.5. The van der Waals surface area contributed by atoms with Gasteiger partial charge in [0.05, 0.1) is 32.5 Å². The summed E-state index contributed by atoms with van der Waals surface area (Å²) in [6.45, 7) is 4.71. The molecule has 0 spiro atoms.